The number of ether oxygens (including phenoxy) is 2. The molecule has 0 aromatic heterocycles. The number of carbonyl (C=O) groups is 1. The highest BCUT2D eigenvalue weighted by molar-refractivity contribution is 5.83. The van der Waals surface area contributed by atoms with E-state index in [-0.39, 0.29) is 12.7 Å². The number of hydrogen-bond acceptors (Lipinski definition) is 4. The van der Waals surface area contributed by atoms with E-state index in [1.165, 1.54) is 12.8 Å². The van der Waals surface area contributed by atoms with Gasteiger partial charge in [0.1, 0.15) is 0 Å². The van der Waals surface area contributed by atoms with Crippen molar-refractivity contribution in [2.45, 2.75) is 39.0 Å². The van der Waals surface area contributed by atoms with Gasteiger partial charge in [0.25, 0.3) is 0 Å². The summed E-state index contributed by atoms with van der Waals surface area (Å²) in [6.07, 6.45) is 6.48. The fraction of sp³-hybridized carbons (Fsp3) is 0.467. The standard InChI is InChI=1S/C15H20N2O3/c1-2-3-4-5-6-15(18)17-16-10-12-7-8-13-14(9-12)20-11-19-13/h7-10H,2-6,11H2,1H3,(H,17,18)/b16-10+. The monoisotopic (exact) mass is 276 g/mol. The van der Waals surface area contributed by atoms with E-state index in [1.807, 2.05) is 18.2 Å². The Bertz CT molecular complexity index is 486. The molecule has 20 heavy (non-hydrogen) atoms. The molecule has 0 aliphatic carbocycles. The summed E-state index contributed by atoms with van der Waals surface area (Å²) in [7, 11) is 0. The molecule has 0 unspecified atom stereocenters. The normalized spacial score (nSPS) is 12.8. The third-order valence-electron chi connectivity index (χ3n) is 3.06. The summed E-state index contributed by atoms with van der Waals surface area (Å²) in [6.45, 7) is 2.40. The molecule has 0 radical (unpaired) electrons. The van der Waals surface area contributed by atoms with E-state index in [2.05, 4.69) is 17.5 Å². The van der Waals surface area contributed by atoms with Gasteiger partial charge in [0.2, 0.25) is 12.7 Å². The first kappa shape index (κ1) is 14.4. The van der Waals surface area contributed by atoms with Crippen LogP contribution in [0.15, 0.2) is 23.3 Å². The second-order valence-electron chi connectivity index (χ2n) is 4.72. The summed E-state index contributed by atoms with van der Waals surface area (Å²) in [5, 5.41) is 3.94. The van der Waals surface area contributed by atoms with Crippen LogP contribution in [0.3, 0.4) is 0 Å². The SMILES string of the molecule is CCCCCCC(=O)N/N=C/c1ccc2c(c1)OCO2. The average molecular weight is 276 g/mol. The Morgan fingerprint density at radius 3 is 3.00 bits per heavy atom. The van der Waals surface area contributed by atoms with Crippen LogP contribution in [-0.4, -0.2) is 18.9 Å². The predicted molar refractivity (Wildman–Crippen MR) is 77.1 cm³/mol. The first-order chi connectivity index (χ1) is 9.79. The number of unbranched alkanes of at least 4 members (excludes halogenated alkanes) is 3. The van der Waals surface area contributed by atoms with Crippen molar-refractivity contribution in [1.29, 1.82) is 0 Å². The molecule has 1 N–H and O–H groups in total. The number of carbonyl (C=O) groups excluding carboxylic acids is 1. The van der Waals surface area contributed by atoms with Crippen molar-refractivity contribution in [3.63, 3.8) is 0 Å². The molecule has 1 aliphatic rings. The molecular formula is C15H20N2O3. The van der Waals surface area contributed by atoms with Crippen LogP contribution >= 0.6 is 0 Å². The first-order valence-corrected chi connectivity index (χ1v) is 7.01. The first-order valence-electron chi connectivity index (χ1n) is 7.01. The molecule has 0 bridgehead atoms. The second-order valence-corrected chi connectivity index (χ2v) is 4.72. The van der Waals surface area contributed by atoms with Crippen LogP contribution < -0.4 is 14.9 Å². The Morgan fingerprint density at radius 1 is 1.30 bits per heavy atom. The third kappa shape index (κ3) is 4.26. The maximum Gasteiger partial charge on any atom is 0.240 e. The molecule has 2 rings (SSSR count). The fourth-order valence-corrected chi connectivity index (χ4v) is 1.94. The van der Waals surface area contributed by atoms with E-state index in [0.717, 1.165) is 24.2 Å². The van der Waals surface area contributed by atoms with E-state index in [9.17, 15) is 4.79 Å². The van der Waals surface area contributed by atoms with Crippen molar-refractivity contribution in [1.82, 2.24) is 5.43 Å². The topological polar surface area (TPSA) is 59.9 Å². The van der Waals surface area contributed by atoms with E-state index in [0.29, 0.717) is 12.2 Å². The lowest BCUT2D eigenvalue weighted by Gasteiger charge is -2.00. The number of nitrogens with one attached hydrogen (secondary N) is 1. The zero-order chi connectivity index (χ0) is 14.2. The minimum absolute atomic E-state index is 0.0434. The smallest absolute Gasteiger partial charge is 0.240 e. The van der Waals surface area contributed by atoms with Gasteiger partial charge in [-0.3, -0.25) is 4.79 Å². The molecule has 1 aromatic rings. The van der Waals surface area contributed by atoms with Crippen molar-refractivity contribution in [2.24, 2.45) is 5.10 Å². The van der Waals surface area contributed by atoms with Crippen molar-refractivity contribution < 1.29 is 14.3 Å². The van der Waals surface area contributed by atoms with E-state index >= 15 is 0 Å². The van der Waals surface area contributed by atoms with Gasteiger partial charge in [-0.1, -0.05) is 26.2 Å². The Morgan fingerprint density at radius 2 is 2.15 bits per heavy atom. The quantitative estimate of drug-likeness (QED) is 0.473. The van der Waals surface area contributed by atoms with Crippen LogP contribution in [0.2, 0.25) is 0 Å². The predicted octanol–water partition coefficient (Wildman–Crippen LogP) is 2.84. The molecule has 0 saturated carbocycles. The number of hydrogen-bond donors (Lipinski definition) is 1. The van der Waals surface area contributed by atoms with Gasteiger partial charge >= 0.3 is 0 Å². The Labute approximate surface area is 119 Å². The van der Waals surface area contributed by atoms with Crippen molar-refractivity contribution >= 4 is 12.1 Å². The summed E-state index contributed by atoms with van der Waals surface area (Å²) < 4.78 is 10.5. The summed E-state index contributed by atoms with van der Waals surface area (Å²) in [5.41, 5.74) is 3.40. The van der Waals surface area contributed by atoms with Crippen molar-refractivity contribution in [3.05, 3.63) is 23.8 Å². The highest BCUT2D eigenvalue weighted by atomic mass is 16.7. The lowest BCUT2D eigenvalue weighted by Crippen LogP contribution is -2.16. The van der Waals surface area contributed by atoms with Gasteiger partial charge in [-0.2, -0.15) is 5.10 Å². The maximum atomic E-state index is 11.5. The van der Waals surface area contributed by atoms with E-state index in [1.54, 1.807) is 6.21 Å². The number of fused-ring (bicyclic) bond motifs is 1. The number of benzene rings is 1. The Balaban J connectivity index is 1.74. The summed E-state index contributed by atoms with van der Waals surface area (Å²) in [6, 6.07) is 5.53. The molecule has 0 atom stereocenters. The fourth-order valence-electron chi connectivity index (χ4n) is 1.94. The lowest BCUT2D eigenvalue weighted by molar-refractivity contribution is -0.121. The van der Waals surface area contributed by atoms with Crippen LogP contribution in [-0.2, 0) is 4.79 Å². The molecule has 5 nitrogen and oxygen atoms in total. The van der Waals surface area contributed by atoms with Gasteiger partial charge in [-0.25, -0.2) is 5.43 Å². The summed E-state index contributed by atoms with van der Waals surface area (Å²) in [4.78, 5) is 11.5. The van der Waals surface area contributed by atoms with E-state index in [4.69, 9.17) is 9.47 Å². The molecule has 5 heteroatoms. The molecule has 0 fully saturated rings. The molecule has 0 spiro atoms. The average Bonchev–Trinajstić information content (AvgIpc) is 2.91. The zero-order valence-electron chi connectivity index (χ0n) is 11.7. The molecule has 1 aliphatic heterocycles. The van der Waals surface area contributed by atoms with Gasteiger partial charge in [-0.05, 0) is 30.2 Å². The zero-order valence-corrected chi connectivity index (χ0v) is 11.7. The molecule has 0 saturated heterocycles. The number of amides is 1. The lowest BCUT2D eigenvalue weighted by atomic mass is 10.1. The van der Waals surface area contributed by atoms with E-state index < -0.39 is 0 Å². The van der Waals surface area contributed by atoms with Crippen molar-refractivity contribution in [2.75, 3.05) is 6.79 Å². The van der Waals surface area contributed by atoms with Crippen LogP contribution in [0.4, 0.5) is 0 Å². The van der Waals surface area contributed by atoms with Crippen LogP contribution in [0.5, 0.6) is 11.5 Å². The minimum atomic E-state index is -0.0434. The van der Waals surface area contributed by atoms with Gasteiger partial charge in [0.05, 0.1) is 6.21 Å². The molecule has 1 aromatic carbocycles. The number of rotatable bonds is 7. The summed E-state index contributed by atoms with van der Waals surface area (Å²) >= 11 is 0. The molecule has 108 valence electrons. The van der Waals surface area contributed by atoms with Crippen LogP contribution in [0.1, 0.15) is 44.6 Å². The van der Waals surface area contributed by atoms with Gasteiger partial charge in [0.15, 0.2) is 11.5 Å². The number of nitrogens with zero attached hydrogens (tertiary/aromatic N) is 1. The van der Waals surface area contributed by atoms with Gasteiger partial charge in [-0.15, -0.1) is 0 Å². The van der Waals surface area contributed by atoms with Crippen LogP contribution in [0.25, 0.3) is 0 Å². The molecule has 1 amide bonds. The summed E-state index contributed by atoms with van der Waals surface area (Å²) in [5.74, 6) is 1.40. The number of hydrazone groups is 1. The van der Waals surface area contributed by atoms with Crippen molar-refractivity contribution in [3.8, 4) is 11.5 Å². The van der Waals surface area contributed by atoms with Crippen LogP contribution in [0, 0.1) is 0 Å². The largest absolute Gasteiger partial charge is 0.454 e. The third-order valence-corrected chi connectivity index (χ3v) is 3.06. The second kappa shape index (κ2) is 7.53. The minimum Gasteiger partial charge on any atom is -0.454 e. The maximum absolute atomic E-state index is 11.5. The highest BCUT2D eigenvalue weighted by Gasteiger charge is 2.12. The Kier molecular flexibility index (Phi) is 5.41. The van der Waals surface area contributed by atoms with Gasteiger partial charge in [0, 0.05) is 6.42 Å². The molecule has 1 heterocycles. The molecular weight excluding hydrogens is 256 g/mol. The Hall–Kier alpha value is -2.04. The highest BCUT2D eigenvalue weighted by Crippen LogP contribution is 2.31. The van der Waals surface area contributed by atoms with Gasteiger partial charge < -0.3 is 9.47 Å².